The van der Waals surface area contributed by atoms with Gasteiger partial charge in [0.2, 0.25) is 0 Å². The standard InChI is InChI=1S/C13H15BrN2O4/c14-11-7-10(16(19)20)2-3-12(11)15-6-5-9(8-15)1-4-13(17)18/h2-3,7,9H,1,4-6,8H2,(H,17,18). The second kappa shape index (κ2) is 6.21. The molecule has 1 aliphatic heterocycles. The van der Waals surface area contributed by atoms with Crippen LogP contribution in [0.15, 0.2) is 22.7 Å². The van der Waals surface area contributed by atoms with Crippen LogP contribution in [0.2, 0.25) is 0 Å². The largest absolute Gasteiger partial charge is 0.481 e. The topological polar surface area (TPSA) is 83.7 Å². The van der Waals surface area contributed by atoms with Crippen LogP contribution in [-0.2, 0) is 4.79 Å². The van der Waals surface area contributed by atoms with Crippen molar-refractivity contribution in [1.29, 1.82) is 0 Å². The van der Waals surface area contributed by atoms with E-state index in [2.05, 4.69) is 20.8 Å². The maximum Gasteiger partial charge on any atom is 0.303 e. The Morgan fingerprint density at radius 3 is 2.90 bits per heavy atom. The van der Waals surface area contributed by atoms with Crippen molar-refractivity contribution in [3.8, 4) is 0 Å². The van der Waals surface area contributed by atoms with Gasteiger partial charge in [0, 0.05) is 36.1 Å². The predicted octanol–water partition coefficient (Wildman–Crippen LogP) is 3.05. The molecular weight excluding hydrogens is 328 g/mol. The minimum Gasteiger partial charge on any atom is -0.481 e. The van der Waals surface area contributed by atoms with E-state index >= 15 is 0 Å². The highest BCUT2D eigenvalue weighted by molar-refractivity contribution is 9.10. The first kappa shape index (κ1) is 14.8. The molecule has 1 saturated heterocycles. The Hall–Kier alpha value is -1.63. The molecule has 0 spiro atoms. The van der Waals surface area contributed by atoms with Crippen LogP contribution >= 0.6 is 15.9 Å². The first-order valence-electron chi connectivity index (χ1n) is 6.38. The van der Waals surface area contributed by atoms with E-state index in [-0.39, 0.29) is 12.1 Å². The van der Waals surface area contributed by atoms with Crippen LogP contribution in [0.25, 0.3) is 0 Å². The average molecular weight is 343 g/mol. The van der Waals surface area contributed by atoms with Crippen LogP contribution < -0.4 is 4.90 Å². The summed E-state index contributed by atoms with van der Waals surface area (Å²) in [5, 5.41) is 19.4. The zero-order valence-corrected chi connectivity index (χ0v) is 12.4. The number of hydrogen-bond acceptors (Lipinski definition) is 4. The number of halogens is 1. The van der Waals surface area contributed by atoms with Gasteiger partial charge in [-0.25, -0.2) is 0 Å². The van der Waals surface area contributed by atoms with Crippen molar-refractivity contribution < 1.29 is 14.8 Å². The van der Waals surface area contributed by atoms with Crippen molar-refractivity contribution in [1.82, 2.24) is 0 Å². The van der Waals surface area contributed by atoms with Gasteiger partial charge >= 0.3 is 5.97 Å². The molecule has 1 heterocycles. The number of anilines is 1. The zero-order valence-electron chi connectivity index (χ0n) is 10.8. The molecule has 1 atom stereocenters. The molecule has 1 fully saturated rings. The molecule has 1 aromatic rings. The highest BCUT2D eigenvalue weighted by atomic mass is 79.9. The van der Waals surface area contributed by atoms with Crippen molar-refractivity contribution in [3.63, 3.8) is 0 Å². The Morgan fingerprint density at radius 2 is 2.30 bits per heavy atom. The Balaban J connectivity index is 2.03. The van der Waals surface area contributed by atoms with Crippen molar-refractivity contribution in [2.24, 2.45) is 5.92 Å². The zero-order chi connectivity index (χ0) is 14.7. The quantitative estimate of drug-likeness (QED) is 0.656. The van der Waals surface area contributed by atoms with Crippen molar-refractivity contribution >= 4 is 33.3 Å². The molecular formula is C13H15BrN2O4. The third-order valence-corrected chi connectivity index (χ3v) is 4.17. The Labute approximate surface area is 124 Å². The lowest BCUT2D eigenvalue weighted by Crippen LogP contribution is -2.20. The number of rotatable bonds is 5. The van der Waals surface area contributed by atoms with Gasteiger partial charge in [0.1, 0.15) is 0 Å². The number of nitrogens with zero attached hydrogens (tertiary/aromatic N) is 2. The Kier molecular flexibility index (Phi) is 4.59. The van der Waals surface area contributed by atoms with Gasteiger partial charge < -0.3 is 10.0 Å². The van der Waals surface area contributed by atoms with Gasteiger partial charge in [0.05, 0.1) is 10.6 Å². The van der Waals surface area contributed by atoms with E-state index in [0.29, 0.717) is 16.8 Å². The molecule has 20 heavy (non-hydrogen) atoms. The van der Waals surface area contributed by atoms with E-state index < -0.39 is 10.9 Å². The maximum atomic E-state index is 10.7. The molecule has 0 aliphatic carbocycles. The number of carboxylic acid groups (broad SMARTS) is 1. The number of carbonyl (C=O) groups is 1. The van der Waals surface area contributed by atoms with Crippen LogP contribution in [0.4, 0.5) is 11.4 Å². The monoisotopic (exact) mass is 342 g/mol. The summed E-state index contributed by atoms with van der Waals surface area (Å²) >= 11 is 3.37. The van der Waals surface area contributed by atoms with E-state index in [4.69, 9.17) is 5.11 Å². The summed E-state index contributed by atoms with van der Waals surface area (Å²) in [7, 11) is 0. The third kappa shape index (κ3) is 3.47. The number of nitro groups is 1. The molecule has 0 saturated carbocycles. The SMILES string of the molecule is O=C(O)CCC1CCN(c2ccc([N+](=O)[O-])cc2Br)C1. The lowest BCUT2D eigenvalue weighted by Gasteiger charge is -2.20. The predicted molar refractivity (Wildman–Crippen MR) is 78.0 cm³/mol. The molecule has 6 nitrogen and oxygen atoms in total. The van der Waals surface area contributed by atoms with E-state index in [9.17, 15) is 14.9 Å². The number of nitro benzene ring substituents is 1. The lowest BCUT2D eigenvalue weighted by atomic mass is 10.0. The fourth-order valence-corrected chi connectivity index (χ4v) is 3.10. The highest BCUT2D eigenvalue weighted by Crippen LogP contribution is 2.34. The normalized spacial score (nSPS) is 18.2. The lowest BCUT2D eigenvalue weighted by molar-refractivity contribution is -0.384. The fourth-order valence-electron chi connectivity index (χ4n) is 2.48. The molecule has 1 aliphatic rings. The first-order chi connectivity index (χ1) is 9.47. The van der Waals surface area contributed by atoms with Gasteiger partial charge in [-0.1, -0.05) is 0 Å². The summed E-state index contributed by atoms with van der Waals surface area (Å²) < 4.78 is 0.700. The summed E-state index contributed by atoms with van der Waals surface area (Å²) in [4.78, 5) is 23.0. The Morgan fingerprint density at radius 1 is 1.55 bits per heavy atom. The number of benzene rings is 1. The molecule has 0 radical (unpaired) electrons. The van der Waals surface area contributed by atoms with Crippen LogP contribution in [0.5, 0.6) is 0 Å². The molecule has 1 aromatic carbocycles. The number of carboxylic acids is 1. The van der Waals surface area contributed by atoms with Gasteiger partial charge in [-0.3, -0.25) is 14.9 Å². The van der Waals surface area contributed by atoms with Crippen molar-refractivity contribution in [2.45, 2.75) is 19.3 Å². The van der Waals surface area contributed by atoms with Crippen LogP contribution in [0.1, 0.15) is 19.3 Å². The number of aliphatic carboxylic acids is 1. The molecule has 0 aromatic heterocycles. The van der Waals surface area contributed by atoms with Gasteiger partial charge in [0.15, 0.2) is 0 Å². The molecule has 7 heteroatoms. The summed E-state index contributed by atoms with van der Waals surface area (Å²) in [6.45, 7) is 1.64. The van der Waals surface area contributed by atoms with Crippen LogP contribution in [0.3, 0.4) is 0 Å². The van der Waals surface area contributed by atoms with Crippen molar-refractivity contribution in [2.75, 3.05) is 18.0 Å². The molecule has 1 unspecified atom stereocenters. The summed E-state index contributed by atoms with van der Waals surface area (Å²) in [6, 6.07) is 4.73. The van der Waals surface area contributed by atoms with Crippen molar-refractivity contribution in [3.05, 3.63) is 32.8 Å². The summed E-state index contributed by atoms with van der Waals surface area (Å²) in [6.07, 6.45) is 1.83. The fraction of sp³-hybridized carbons (Fsp3) is 0.462. The maximum absolute atomic E-state index is 10.7. The highest BCUT2D eigenvalue weighted by Gasteiger charge is 2.25. The van der Waals surface area contributed by atoms with E-state index in [1.165, 1.54) is 12.1 Å². The third-order valence-electron chi connectivity index (χ3n) is 3.54. The molecule has 0 amide bonds. The Bertz CT molecular complexity index is 535. The summed E-state index contributed by atoms with van der Waals surface area (Å²) in [5.74, 6) is -0.395. The second-order valence-electron chi connectivity index (χ2n) is 4.93. The van der Waals surface area contributed by atoms with Gasteiger partial charge in [-0.15, -0.1) is 0 Å². The van der Waals surface area contributed by atoms with Gasteiger partial charge in [0.25, 0.3) is 5.69 Å². The van der Waals surface area contributed by atoms with Gasteiger partial charge in [-0.2, -0.15) is 0 Å². The van der Waals surface area contributed by atoms with E-state index in [1.807, 2.05) is 0 Å². The second-order valence-corrected chi connectivity index (χ2v) is 5.78. The van der Waals surface area contributed by atoms with Gasteiger partial charge in [-0.05, 0) is 40.8 Å². The molecule has 2 rings (SSSR count). The smallest absolute Gasteiger partial charge is 0.303 e. The number of non-ortho nitro benzene ring substituents is 1. The molecule has 0 bridgehead atoms. The molecule has 108 valence electrons. The van der Waals surface area contributed by atoms with E-state index in [0.717, 1.165) is 25.2 Å². The molecule has 1 N–H and O–H groups in total. The first-order valence-corrected chi connectivity index (χ1v) is 7.17. The van der Waals surface area contributed by atoms with Crippen LogP contribution in [-0.4, -0.2) is 29.1 Å². The number of hydrogen-bond donors (Lipinski definition) is 1. The minimum atomic E-state index is -0.764. The average Bonchev–Trinajstić information content (AvgIpc) is 2.84. The van der Waals surface area contributed by atoms with E-state index in [1.54, 1.807) is 6.07 Å². The van der Waals surface area contributed by atoms with Crippen LogP contribution in [0, 0.1) is 16.0 Å². The minimum absolute atomic E-state index is 0.0576. The summed E-state index contributed by atoms with van der Waals surface area (Å²) in [5.41, 5.74) is 0.982.